The van der Waals surface area contributed by atoms with Crippen molar-refractivity contribution in [3.63, 3.8) is 0 Å². The molecule has 1 rings (SSSR count). The molecule has 0 saturated heterocycles. The largest absolute Gasteiger partial charge is 0.416 e. The molecule has 128 valence electrons. The number of halogens is 3. The summed E-state index contributed by atoms with van der Waals surface area (Å²) < 4.78 is 43.8. The molecule has 1 aromatic carbocycles. The van der Waals surface area contributed by atoms with Crippen LogP contribution in [0.25, 0.3) is 0 Å². The minimum absolute atomic E-state index is 0.0917. The van der Waals surface area contributed by atoms with Crippen LogP contribution < -0.4 is 10.2 Å². The first-order valence-electron chi connectivity index (χ1n) is 7.08. The molecule has 0 spiro atoms. The first kappa shape index (κ1) is 19.0. The maximum absolute atomic E-state index is 12.8. The first-order valence-corrected chi connectivity index (χ1v) is 7.08. The highest BCUT2D eigenvalue weighted by Crippen LogP contribution is 2.35. The van der Waals surface area contributed by atoms with Crippen LogP contribution >= 0.6 is 0 Å². The molecular formula is C16H21F3N2O2. The summed E-state index contributed by atoms with van der Waals surface area (Å²) in [6, 6.07) is 3.22. The maximum Gasteiger partial charge on any atom is 0.416 e. The van der Waals surface area contributed by atoms with Crippen molar-refractivity contribution in [2.75, 3.05) is 30.9 Å². The van der Waals surface area contributed by atoms with Crippen molar-refractivity contribution in [3.05, 3.63) is 36.4 Å². The number of carbonyl (C=O) groups excluding carboxylic acids is 1. The van der Waals surface area contributed by atoms with Gasteiger partial charge in [0.1, 0.15) is 6.10 Å². The average Bonchev–Trinajstić information content (AvgIpc) is 2.46. The second kappa shape index (κ2) is 8.01. The molecule has 0 fully saturated rings. The van der Waals surface area contributed by atoms with Gasteiger partial charge in [-0.05, 0) is 31.5 Å². The number of alkyl halides is 3. The number of nitrogens with one attached hydrogen (secondary N) is 1. The van der Waals surface area contributed by atoms with Gasteiger partial charge in [0.05, 0.1) is 23.5 Å². The van der Waals surface area contributed by atoms with Crippen LogP contribution in [-0.4, -0.2) is 32.7 Å². The monoisotopic (exact) mass is 330 g/mol. The van der Waals surface area contributed by atoms with Gasteiger partial charge in [0, 0.05) is 14.1 Å². The van der Waals surface area contributed by atoms with Gasteiger partial charge in [0.25, 0.3) is 5.91 Å². The summed E-state index contributed by atoms with van der Waals surface area (Å²) in [5, 5.41) is 2.50. The van der Waals surface area contributed by atoms with Crippen LogP contribution in [0.15, 0.2) is 30.9 Å². The summed E-state index contributed by atoms with van der Waals surface area (Å²) in [5.74, 6) is -0.503. The topological polar surface area (TPSA) is 41.6 Å². The van der Waals surface area contributed by atoms with Crippen LogP contribution in [0.1, 0.15) is 18.9 Å². The van der Waals surface area contributed by atoms with Gasteiger partial charge in [-0.25, -0.2) is 0 Å². The third-order valence-electron chi connectivity index (χ3n) is 3.12. The molecule has 0 heterocycles. The molecule has 23 heavy (non-hydrogen) atoms. The van der Waals surface area contributed by atoms with Crippen LogP contribution in [0, 0.1) is 0 Å². The predicted octanol–water partition coefficient (Wildman–Crippen LogP) is 3.69. The number of amides is 1. The zero-order valence-electron chi connectivity index (χ0n) is 13.4. The fourth-order valence-electron chi connectivity index (χ4n) is 1.84. The van der Waals surface area contributed by atoms with Crippen molar-refractivity contribution in [2.24, 2.45) is 0 Å². The van der Waals surface area contributed by atoms with E-state index >= 15 is 0 Å². The van der Waals surface area contributed by atoms with Crippen LogP contribution in [0.2, 0.25) is 0 Å². The second-order valence-electron chi connectivity index (χ2n) is 5.20. The fourth-order valence-corrected chi connectivity index (χ4v) is 1.84. The molecular weight excluding hydrogens is 309 g/mol. The number of carbonyl (C=O) groups is 1. The lowest BCUT2D eigenvalue weighted by Crippen LogP contribution is -2.29. The lowest BCUT2D eigenvalue weighted by Gasteiger charge is -2.21. The molecule has 1 unspecified atom stereocenters. The molecule has 1 amide bonds. The maximum atomic E-state index is 12.8. The summed E-state index contributed by atoms with van der Waals surface area (Å²) >= 11 is 0. The van der Waals surface area contributed by atoms with E-state index in [1.165, 1.54) is 6.07 Å². The van der Waals surface area contributed by atoms with Gasteiger partial charge >= 0.3 is 6.18 Å². The quantitative estimate of drug-likeness (QED) is 0.612. The zero-order valence-corrected chi connectivity index (χ0v) is 13.4. The van der Waals surface area contributed by atoms with Gasteiger partial charge in [-0.2, -0.15) is 13.2 Å². The molecule has 0 bridgehead atoms. The Morgan fingerprint density at radius 2 is 2.09 bits per heavy atom. The predicted molar refractivity (Wildman–Crippen MR) is 84.6 cm³/mol. The smallest absolute Gasteiger partial charge is 0.376 e. The molecule has 1 N–H and O–H groups in total. The molecule has 7 heteroatoms. The Morgan fingerprint density at radius 1 is 1.43 bits per heavy atom. The van der Waals surface area contributed by atoms with Crippen molar-refractivity contribution >= 4 is 17.3 Å². The standard InChI is InChI=1S/C16H21F3N2O2/c1-5-6-9-23-11(2)15(22)20-13-10-12(16(17,18)19)7-8-14(13)21(3)4/h5,7-8,10-11H,1,6,9H2,2-4H3,(H,20,22). The Morgan fingerprint density at radius 3 is 2.61 bits per heavy atom. The number of ether oxygens (including phenoxy) is 1. The van der Waals surface area contributed by atoms with E-state index in [9.17, 15) is 18.0 Å². The Kier molecular flexibility index (Phi) is 6.62. The van der Waals surface area contributed by atoms with Crippen LogP contribution in [0.5, 0.6) is 0 Å². The summed E-state index contributed by atoms with van der Waals surface area (Å²) in [6.45, 7) is 5.40. The van der Waals surface area contributed by atoms with Gasteiger partial charge in [0.2, 0.25) is 0 Å². The number of nitrogens with zero attached hydrogens (tertiary/aromatic N) is 1. The Labute approximate surface area is 133 Å². The van der Waals surface area contributed by atoms with Crippen molar-refractivity contribution in [1.29, 1.82) is 0 Å². The lowest BCUT2D eigenvalue weighted by molar-refractivity contribution is -0.137. The number of rotatable bonds is 7. The van der Waals surface area contributed by atoms with Crippen molar-refractivity contribution in [2.45, 2.75) is 25.6 Å². The minimum atomic E-state index is -4.48. The van der Waals surface area contributed by atoms with Crippen molar-refractivity contribution in [3.8, 4) is 0 Å². The van der Waals surface area contributed by atoms with Gasteiger partial charge in [-0.15, -0.1) is 6.58 Å². The first-order chi connectivity index (χ1) is 10.7. The highest BCUT2D eigenvalue weighted by atomic mass is 19.4. The van der Waals surface area contributed by atoms with Crippen molar-refractivity contribution < 1.29 is 22.7 Å². The molecule has 0 aliphatic heterocycles. The van der Waals surface area contributed by atoms with Crippen LogP contribution in [0.4, 0.5) is 24.5 Å². The van der Waals surface area contributed by atoms with E-state index in [1.807, 2.05) is 0 Å². The molecule has 0 radical (unpaired) electrons. The average molecular weight is 330 g/mol. The van der Waals surface area contributed by atoms with Gasteiger partial charge in [-0.3, -0.25) is 4.79 Å². The molecule has 0 aliphatic carbocycles. The van der Waals surface area contributed by atoms with E-state index < -0.39 is 23.8 Å². The normalized spacial score (nSPS) is 12.6. The van der Waals surface area contributed by atoms with Gasteiger partial charge < -0.3 is 15.0 Å². The Hall–Kier alpha value is -2.02. The molecule has 4 nitrogen and oxygen atoms in total. The van der Waals surface area contributed by atoms with E-state index in [-0.39, 0.29) is 5.69 Å². The van der Waals surface area contributed by atoms with E-state index in [2.05, 4.69) is 11.9 Å². The third kappa shape index (κ3) is 5.59. The summed E-state index contributed by atoms with van der Waals surface area (Å²) in [5.41, 5.74) is -0.253. The highest BCUT2D eigenvalue weighted by Gasteiger charge is 2.31. The van der Waals surface area contributed by atoms with Crippen LogP contribution in [-0.2, 0) is 15.7 Å². The van der Waals surface area contributed by atoms with E-state index in [0.717, 1.165) is 12.1 Å². The summed E-state index contributed by atoms with van der Waals surface area (Å²) in [4.78, 5) is 13.7. The van der Waals surface area contributed by atoms with Gasteiger partial charge in [-0.1, -0.05) is 6.08 Å². The molecule has 1 atom stereocenters. The number of anilines is 2. The van der Waals surface area contributed by atoms with E-state index in [1.54, 1.807) is 32.0 Å². The number of hydrogen-bond acceptors (Lipinski definition) is 3. The minimum Gasteiger partial charge on any atom is -0.376 e. The number of benzene rings is 1. The molecule has 1 aromatic rings. The van der Waals surface area contributed by atoms with Crippen LogP contribution in [0.3, 0.4) is 0 Å². The Balaban J connectivity index is 2.95. The van der Waals surface area contributed by atoms with Gasteiger partial charge in [0.15, 0.2) is 0 Å². The molecule has 0 saturated carbocycles. The van der Waals surface area contributed by atoms with E-state index in [0.29, 0.717) is 18.7 Å². The zero-order chi connectivity index (χ0) is 17.6. The lowest BCUT2D eigenvalue weighted by atomic mass is 10.1. The fraction of sp³-hybridized carbons (Fsp3) is 0.438. The second-order valence-corrected chi connectivity index (χ2v) is 5.20. The van der Waals surface area contributed by atoms with E-state index in [4.69, 9.17) is 4.74 Å². The Bertz CT molecular complexity index is 557. The number of hydrogen-bond donors (Lipinski definition) is 1. The molecule has 0 aliphatic rings. The summed E-state index contributed by atoms with van der Waals surface area (Å²) in [7, 11) is 3.37. The SMILES string of the molecule is C=CCCOC(C)C(=O)Nc1cc(C(F)(F)F)ccc1N(C)C. The summed E-state index contributed by atoms with van der Waals surface area (Å²) in [6.07, 6.45) is -3.01. The highest BCUT2D eigenvalue weighted by molar-refractivity contribution is 5.97. The molecule has 0 aromatic heterocycles. The third-order valence-corrected chi connectivity index (χ3v) is 3.12. The van der Waals surface area contributed by atoms with Crippen molar-refractivity contribution in [1.82, 2.24) is 0 Å².